The number of allylic oxidation sites excluding steroid dienone is 4. The molecule has 4 aliphatic carbocycles. The van der Waals surface area contributed by atoms with Crippen molar-refractivity contribution in [3.05, 3.63) is 53.6 Å². The minimum atomic E-state index is -3.27. The molecule has 0 spiro atoms. The summed E-state index contributed by atoms with van der Waals surface area (Å²) in [6.45, 7) is 5.28. The molecule has 43 heavy (non-hydrogen) atoms. The molecule has 12 heteroatoms. The number of anilines is 1. The van der Waals surface area contributed by atoms with Crippen LogP contribution in [0.4, 0.5) is 10.1 Å². The molecule has 0 saturated heterocycles. The largest absolute Gasteiger partial charge is 0.466 e. The molecular formula is C31H37ClFNO8S. The van der Waals surface area contributed by atoms with Crippen LogP contribution in [0.25, 0.3) is 0 Å². The van der Waals surface area contributed by atoms with Gasteiger partial charge in [0.05, 0.1) is 23.7 Å². The van der Waals surface area contributed by atoms with Crippen molar-refractivity contribution in [1.82, 2.24) is 0 Å². The number of sulfone groups is 1. The Balaban J connectivity index is 1.52. The number of rotatable bonds is 6. The number of carbonyl (C=O) groups is 3. The van der Waals surface area contributed by atoms with Crippen LogP contribution in [-0.4, -0.2) is 73.2 Å². The highest BCUT2D eigenvalue weighted by molar-refractivity contribution is 7.90. The Kier molecular flexibility index (Phi) is 7.66. The first-order valence-corrected chi connectivity index (χ1v) is 16.7. The highest BCUT2D eigenvalue weighted by Gasteiger charge is 2.78. The molecule has 0 heterocycles. The number of fused-ring (bicyclic) bond motifs is 5. The maximum Gasteiger partial charge on any atom is 0.351 e. The van der Waals surface area contributed by atoms with E-state index in [1.165, 1.54) is 43.5 Å². The predicted molar refractivity (Wildman–Crippen MR) is 158 cm³/mol. The number of aliphatic hydroxyl groups excluding tert-OH is 1. The van der Waals surface area contributed by atoms with Crippen LogP contribution in [0.15, 0.2) is 48.1 Å². The number of aliphatic hydroxyl groups is 1. The first kappa shape index (κ1) is 31.7. The summed E-state index contributed by atoms with van der Waals surface area (Å²) in [4.78, 5) is 38.1. The van der Waals surface area contributed by atoms with E-state index in [9.17, 15) is 27.9 Å². The third-order valence-electron chi connectivity index (χ3n) is 10.6. The van der Waals surface area contributed by atoms with Gasteiger partial charge < -0.3 is 19.9 Å². The molecule has 5 rings (SSSR count). The fourth-order valence-corrected chi connectivity index (χ4v) is 9.43. The van der Waals surface area contributed by atoms with Gasteiger partial charge in [0.1, 0.15) is 12.0 Å². The van der Waals surface area contributed by atoms with Gasteiger partial charge in [-0.1, -0.05) is 26.8 Å². The summed E-state index contributed by atoms with van der Waals surface area (Å²) in [5.74, 6) is -3.86. The topological polar surface area (TPSA) is 136 Å². The molecule has 9 atom stereocenters. The number of benzene rings is 1. The predicted octanol–water partition coefficient (Wildman–Crippen LogP) is 4.00. The Morgan fingerprint density at radius 1 is 1.16 bits per heavy atom. The number of methoxy groups -OCH3 is 1. The van der Waals surface area contributed by atoms with Crippen LogP contribution in [0.3, 0.4) is 0 Å². The van der Waals surface area contributed by atoms with Crippen molar-refractivity contribution in [2.24, 2.45) is 28.6 Å². The maximum atomic E-state index is 15.9. The Labute approximate surface area is 255 Å². The van der Waals surface area contributed by atoms with Gasteiger partial charge >= 0.3 is 11.9 Å². The zero-order valence-corrected chi connectivity index (χ0v) is 26.3. The lowest BCUT2D eigenvalue weighted by molar-refractivity contribution is -0.199. The van der Waals surface area contributed by atoms with E-state index < -0.39 is 73.1 Å². The van der Waals surface area contributed by atoms with Crippen LogP contribution < -0.4 is 5.32 Å². The van der Waals surface area contributed by atoms with Crippen molar-refractivity contribution in [3.63, 3.8) is 0 Å². The number of nitrogens with one attached hydrogen (secondary N) is 1. The summed E-state index contributed by atoms with van der Waals surface area (Å²) in [6.07, 6.45) is 2.79. The van der Waals surface area contributed by atoms with Crippen LogP contribution in [0.1, 0.15) is 50.4 Å². The first-order chi connectivity index (χ1) is 19.9. The molecule has 9 nitrogen and oxygen atoms in total. The Bertz CT molecular complexity index is 1530. The third-order valence-corrected chi connectivity index (χ3v) is 12.2. The second-order valence-electron chi connectivity index (χ2n) is 12.9. The number of ether oxygens (including phenoxy) is 2. The average Bonchev–Trinajstić information content (AvgIpc) is 3.16. The van der Waals surface area contributed by atoms with E-state index in [4.69, 9.17) is 21.1 Å². The van der Waals surface area contributed by atoms with Crippen molar-refractivity contribution in [2.45, 2.75) is 62.8 Å². The van der Waals surface area contributed by atoms with Crippen molar-refractivity contribution in [3.8, 4) is 0 Å². The molecule has 234 valence electrons. The minimum absolute atomic E-state index is 0.0413. The first-order valence-electron chi connectivity index (χ1n) is 14.2. The van der Waals surface area contributed by atoms with Gasteiger partial charge in [0, 0.05) is 28.7 Å². The van der Waals surface area contributed by atoms with Crippen LogP contribution in [0.5, 0.6) is 0 Å². The van der Waals surface area contributed by atoms with E-state index in [0.29, 0.717) is 12.1 Å². The molecule has 1 aromatic carbocycles. The lowest BCUT2D eigenvalue weighted by atomic mass is 9.45. The molecular weight excluding hydrogens is 601 g/mol. The average molecular weight is 638 g/mol. The highest BCUT2D eigenvalue weighted by atomic mass is 35.5. The standard InChI is InChI=1S/C31H37ClFNO8S/c1-17-12-21-22-14-24(33)23-13-20(35)10-11-28(23,2)30(22,32)25(36)15-29(21,3)31(17,27(38)41-4)42-26(37)18-6-8-19(9-7-18)34-16-43(5,39)40/h6-11,13,17,21-22,24-25,34,36H,12,14-16H2,1-5H3/t17-,21?,22?,24+,25+,28+,29+,30+,31+/m1/s1. The van der Waals surface area contributed by atoms with Gasteiger partial charge in [-0.3, -0.25) is 4.79 Å². The summed E-state index contributed by atoms with van der Waals surface area (Å²) in [5.41, 5.74) is -3.33. The quantitative estimate of drug-likeness (QED) is 0.350. The smallest absolute Gasteiger partial charge is 0.351 e. The number of alkyl halides is 2. The van der Waals surface area contributed by atoms with E-state index in [1.54, 1.807) is 26.8 Å². The minimum Gasteiger partial charge on any atom is -0.466 e. The number of halogens is 2. The normalized spacial score (nSPS) is 40.0. The maximum absolute atomic E-state index is 15.9. The molecule has 0 aromatic heterocycles. The van der Waals surface area contributed by atoms with E-state index in [1.807, 2.05) is 0 Å². The summed E-state index contributed by atoms with van der Waals surface area (Å²) in [7, 11) is -2.07. The molecule has 3 saturated carbocycles. The second-order valence-corrected chi connectivity index (χ2v) is 15.7. The number of esters is 2. The van der Waals surface area contributed by atoms with E-state index in [0.717, 1.165) is 6.26 Å². The van der Waals surface area contributed by atoms with Crippen molar-refractivity contribution in [2.75, 3.05) is 24.6 Å². The Hall–Kier alpha value is -2.76. The van der Waals surface area contributed by atoms with Gasteiger partial charge in [-0.2, -0.15) is 0 Å². The van der Waals surface area contributed by atoms with Crippen molar-refractivity contribution >= 4 is 44.8 Å². The third kappa shape index (κ3) is 4.56. The summed E-state index contributed by atoms with van der Waals surface area (Å²) in [6, 6.07) is 5.96. The zero-order valence-electron chi connectivity index (χ0n) is 24.7. The second kappa shape index (κ2) is 10.4. The summed E-state index contributed by atoms with van der Waals surface area (Å²) >= 11 is 7.42. The highest BCUT2D eigenvalue weighted by Crippen LogP contribution is 2.72. The van der Waals surface area contributed by atoms with E-state index >= 15 is 4.39 Å². The lowest BCUT2D eigenvalue weighted by Gasteiger charge is -2.64. The van der Waals surface area contributed by atoms with Gasteiger partial charge in [0.2, 0.25) is 5.60 Å². The van der Waals surface area contributed by atoms with Crippen LogP contribution >= 0.6 is 11.6 Å². The number of hydrogen-bond acceptors (Lipinski definition) is 9. The molecule has 3 fully saturated rings. The van der Waals surface area contributed by atoms with Crippen LogP contribution in [-0.2, 0) is 28.9 Å². The van der Waals surface area contributed by atoms with Gasteiger partial charge in [-0.05, 0) is 73.1 Å². The molecule has 0 amide bonds. The van der Waals surface area contributed by atoms with Gasteiger partial charge in [-0.15, -0.1) is 11.6 Å². The van der Waals surface area contributed by atoms with E-state index in [-0.39, 0.29) is 35.6 Å². The SMILES string of the molecule is COC(=O)[C@@]1(OC(=O)c2ccc(NCS(C)(=O)=O)cc2)[C@H](C)CC2C3C[C@H](F)C4=CC(=O)C=C[C@]4(C)[C@@]3(Cl)[C@@H](O)C[C@@]21C. The number of ketones is 1. The molecule has 2 N–H and O–H groups in total. The molecule has 0 radical (unpaired) electrons. The van der Waals surface area contributed by atoms with Crippen molar-refractivity contribution in [1.29, 1.82) is 0 Å². The molecule has 2 unspecified atom stereocenters. The lowest BCUT2D eigenvalue weighted by Crippen LogP contribution is -2.70. The van der Waals surface area contributed by atoms with Gasteiger partial charge in [0.25, 0.3) is 0 Å². The molecule has 0 bridgehead atoms. The molecule has 0 aliphatic heterocycles. The number of hydrogen-bond donors (Lipinski definition) is 2. The van der Waals surface area contributed by atoms with Gasteiger partial charge in [0.15, 0.2) is 15.6 Å². The zero-order chi connectivity index (χ0) is 31.8. The summed E-state index contributed by atoms with van der Waals surface area (Å²) in [5, 5.41) is 14.6. The Morgan fingerprint density at radius 2 is 1.81 bits per heavy atom. The van der Waals surface area contributed by atoms with Crippen LogP contribution in [0, 0.1) is 28.6 Å². The van der Waals surface area contributed by atoms with E-state index in [2.05, 4.69) is 5.32 Å². The fourth-order valence-electron chi connectivity index (χ4n) is 8.51. The fraction of sp³-hybridized carbons (Fsp3) is 0.581. The monoisotopic (exact) mass is 637 g/mol. The van der Waals surface area contributed by atoms with Gasteiger partial charge in [-0.25, -0.2) is 22.4 Å². The van der Waals surface area contributed by atoms with Crippen LogP contribution in [0.2, 0.25) is 0 Å². The van der Waals surface area contributed by atoms with Crippen molar-refractivity contribution < 1.29 is 41.8 Å². The number of carbonyl (C=O) groups excluding carboxylic acids is 3. The Morgan fingerprint density at radius 3 is 2.42 bits per heavy atom. The summed E-state index contributed by atoms with van der Waals surface area (Å²) < 4.78 is 50.2. The molecule has 4 aliphatic rings. The molecule has 1 aromatic rings.